The molecule has 1 aliphatic heterocycles. The molecule has 1 amide bonds. The van der Waals surface area contributed by atoms with E-state index in [4.69, 9.17) is 19.1 Å². The third-order valence-corrected chi connectivity index (χ3v) is 9.89. The Morgan fingerprint density at radius 1 is 1.02 bits per heavy atom. The Hall–Kier alpha value is -3.88. The van der Waals surface area contributed by atoms with E-state index in [-0.39, 0.29) is 17.3 Å². The normalized spacial score (nSPS) is 14.5. The summed E-state index contributed by atoms with van der Waals surface area (Å²) in [5.41, 5.74) is 3.92. The highest BCUT2D eigenvalue weighted by atomic mass is 32.2. The maximum Gasteiger partial charge on any atom is 0.490 e. The number of nitrogens with zero attached hydrogens (tertiary/aromatic N) is 3. The number of methoxy groups -OCH3 is 1. The second-order valence-corrected chi connectivity index (χ2v) is 13.3. The summed E-state index contributed by atoms with van der Waals surface area (Å²) in [6.45, 7) is 8.50. The van der Waals surface area contributed by atoms with Crippen LogP contribution in [0.15, 0.2) is 58.0 Å². The number of aryl methyl sites for hydroxylation is 2. The van der Waals surface area contributed by atoms with Gasteiger partial charge in [-0.15, -0.1) is 0 Å². The number of carboxylic acid groups (broad SMARTS) is 1. The Kier molecular flexibility index (Phi) is 12.0. The molecule has 46 heavy (non-hydrogen) atoms. The summed E-state index contributed by atoms with van der Waals surface area (Å²) in [4.78, 5) is 26.4. The lowest BCUT2D eigenvalue weighted by Crippen LogP contribution is -2.28. The minimum absolute atomic E-state index is 0.000894. The quantitative estimate of drug-likeness (QED) is 0.289. The smallest absolute Gasteiger partial charge is 0.490 e. The maximum absolute atomic E-state index is 13.3. The molecule has 3 aromatic rings. The van der Waals surface area contributed by atoms with Crippen molar-refractivity contribution in [1.29, 1.82) is 0 Å². The largest absolute Gasteiger partial charge is 0.497 e. The molecule has 1 atom stereocenters. The van der Waals surface area contributed by atoms with Gasteiger partial charge < -0.3 is 19.2 Å². The van der Waals surface area contributed by atoms with E-state index in [2.05, 4.69) is 36.1 Å². The van der Waals surface area contributed by atoms with E-state index < -0.39 is 22.2 Å². The fraction of sp³-hybridized carbons (Fsp3) is 0.438. The summed E-state index contributed by atoms with van der Waals surface area (Å²) >= 11 is 0. The number of hydrogen-bond acceptors (Lipinski definition) is 7. The van der Waals surface area contributed by atoms with E-state index >= 15 is 0 Å². The SMILES string of the molecule is COc1cc(C)c(S(=O)(=O)N(C)Cc2cc(C(=O)N(C)Cc3ccc(C(C)N4CCCC4)cc3)co2)c(C)c1.O=C(O)C(F)(F)F. The zero-order valence-electron chi connectivity index (χ0n) is 26.7. The van der Waals surface area contributed by atoms with Crippen molar-refractivity contribution in [2.24, 2.45) is 0 Å². The molecule has 1 fully saturated rings. The molecule has 0 bridgehead atoms. The van der Waals surface area contributed by atoms with Crippen molar-refractivity contribution in [2.75, 3.05) is 34.3 Å². The lowest BCUT2D eigenvalue weighted by Gasteiger charge is -2.24. The molecule has 0 aliphatic carbocycles. The van der Waals surface area contributed by atoms with Crippen LogP contribution in [0.2, 0.25) is 0 Å². The number of furan rings is 1. The number of likely N-dealkylation sites (tertiary alicyclic amines) is 1. The van der Waals surface area contributed by atoms with Gasteiger partial charge in [0.15, 0.2) is 0 Å². The molecule has 0 radical (unpaired) electrons. The Balaban J connectivity index is 0.000000738. The average Bonchev–Trinajstić information content (AvgIpc) is 3.69. The van der Waals surface area contributed by atoms with Gasteiger partial charge in [-0.3, -0.25) is 9.69 Å². The van der Waals surface area contributed by atoms with Gasteiger partial charge in [-0.1, -0.05) is 24.3 Å². The van der Waals surface area contributed by atoms with Crippen LogP contribution in [0.4, 0.5) is 13.2 Å². The predicted octanol–water partition coefficient (Wildman–Crippen LogP) is 5.79. The molecular weight excluding hydrogens is 627 g/mol. The van der Waals surface area contributed by atoms with Crippen LogP contribution < -0.4 is 4.74 Å². The number of carbonyl (C=O) groups excluding carboxylic acids is 1. The van der Waals surface area contributed by atoms with E-state index in [9.17, 15) is 26.4 Å². The number of carboxylic acids is 1. The summed E-state index contributed by atoms with van der Waals surface area (Å²) in [5, 5.41) is 7.12. The number of benzene rings is 2. The van der Waals surface area contributed by atoms with Crippen molar-refractivity contribution in [1.82, 2.24) is 14.1 Å². The predicted molar refractivity (Wildman–Crippen MR) is 165 cm³/mol. The Labute approximate surface area is 267 Å². The van der Waals surface area contributed by atoms with Crippen LogP contribution in [0.5, 0.6) is 5.75 Å². The van der Waals surface area contributed by atoms with Gasteiger partial charge in [-0.25, -0.2) is 13.2 Å². The standard InChI is InChI=1S/C30H39N3O5S.C2HF3O2/c1-21-15-27(37-6)16-22(2)29(21)39(35,36)32(5)19-28-17-26(20-38-28)30(34)31(4)18-24-9-11-25(12-10-24)23(3)33-13-7-8-14-33;3-2(4,5)1(6)7/h9-12,15-17,20,23H,7-8,13-14,18-19H2,1-6H3;(H,6,7). The van der Waals surface area contributed by atoms with Crippen molar-refractivity contribution in [3.8, 4) is 5.75 Å². The highest BCUT2D eigenvalue weighted by Crippen LogP contribution is 2.29. The lowest BCUT2D eigenvalue weighted by molar-refractivity contribution is -0.192. The molecule has 1 unspecified atom stereocenters. The van der Waals surface area contributed by atoms with Gasteiger partial charge in [0.2, 0.25) is 10.0 Å². The average molecular weight is 668 g/mol. The molecule has 0 spiro atoms. The van der Waals surface area contributed by atoms with Crippen LogP contribution >= 0.6 is 0 Å². The van der Waals surface area contributed by atoms with Gasteiger partial charge in [0.25, 0.3) is 5.91 Å². The third kappa shape index (κ3) is 9.10. The summed E-state index contributed by atoms with van der Waals surface area (Å²) in [6.07, 6.45) is -1.17. The van der Waals surface area contributed by atoms with E-state index in [1.165, 1.54) is 36.0 Å². The van der Waals surface area contributed by atoms with Gasteiger partial charge in [0, 0.05) is 26.7 Å². The van der Waals surface area contributed by atoms with Gasteiger partial charge in [-0.2, -0.15) is 17.5 Å². The zero-order chi connectivity index (χ0) is 34.4. The minimum Gasteiger partial charge on any atom is -0.497 e. The van der Waals surface area contributed by atoms with Crippen molar-refractivity contribution in [3.63, 3.8) is 0 Å². The number of hydrogen-bond donors (Lipinski definition) is 1. The van der Waals surface area contributed by atoms with E-state index in [0.29, 0.717) is 40.8 Å². The minimum atomic E-state index is -5.08. The van der Waals surface area contributed by atoms with Gasteiger partial charge in [-0.05, 0) is 87.2 Å². The Morgan fingerprint density at radius 2 is 1.57 bits per heavy atom. The van der Waals surface area contributed by atoms with E-state index in [0.717, 1.165) is 18.7 Å². The third-order valence-electron chi connectivity index (χ3n) is 7.78. The first kappa shape index (κ1) is 36.6. The molecular formula is C32H40F3N3O7S. The number of carbonyl (C=O) groups is 2. The van der Waals surface area contributed by atoms with Crippen molar-refractivity contribution < 1.29 is 45.4 Å². The monoisotopic (exact) mass is 667 g/mol. The van der Waals surface area contributed by atoms with Crippen LogP contribution in [0.1, 0.15) is 64.2 Å². The van der Waals surface area contributed by atoms with Crippen molar-refractivity contribution >= 4 is 21.9 Å². The molecule has 2 heterocycles. The first-order valence-electron chi connectivity index (χ1n) is 14.5. The fourth-order valence-electron chi connectivity index (χ4n) is 5.28. The molecule has 1 saturated heterocycles. The first-order valence-corrected chi connectivity index (χ1v) is 16.0. The number of halogens is 3. The summed E-state index contributed by atoms with van der Waals surface area (Å²) < 4.78 is 70.5. The zero-order valence-corrected chi connectivity index (χ0v) is 27.5. The molecule has 1 N–H and O–H groups in total. The number of aliphatic carboxylic acids is 1. The van der Waals surface area contributed by atoms with Crippen LogP contribution in [0.25, 0.3) is 0 Å². The number of alkyl halides is 3. The molecule has 10 nitrogen and oxygen atoms in total. The van der Waals surface area contributed by atoms with Gasteiger partial charge >= 0.3 is 12.1 Å². The Morgan fingerprint density at radius 3 is 2.07 bits per heavy atom. The van der Waals surface area contributed by atoms with Crippen molar-refractivity contribution in [3.05, 3.63) is 82.3 Å². The first-order chi connectivity index (χ1) is 21.4. The Bertz CT molecular complexity index is 1590. The summed E-state index contributed by atoms with van der Waals surface area (Å²) in [6, 6.07) is 13.9. The van der Waals surface area contributed by atoms with E-state index in [1.54, 1.807) is 51.1 Å². The van der Waals surface area contributed by atoms with Crippen LogP contribution in [0, 0.1) is 13.8 Å². The second-order valence-electron chi connectivity index (χ2n) is 11.3. The molecule has 4 rings (SSSR count). The van der Waals surface area contributed by atoms with Crippen LogP contribution in [-0.2, 0) is 27.9 Å². The molecule has 252 valence electrons. The number of rotatable bonds is 10. The van der Waals surface area contributed by atoms with Gasteiger partial charge in [0.1, 0.15) is 17.8 Å². The maximum atomic E-state index is 13.3. The molecule has 2 aromatic carbocycles. The fourth-order valence-corrected chi connectivity index (χ4v) is 6.82. The lowest BCUT2D eigenvalue weighted by atomic mass is 10.0. The van der Waals surface area contributed by atoms with Crippen molar-refractivity contribution in [2.45, 2.75) is 63.8 Å². The molecule has 1 aromatic heterocycles. The van der Waals surface area contributed by atoms with Crippen LogP contribution in [0.3, 0.4) is 0 Å². The van der Waals surface area contributed by atoms with E-state index in [1.807, 2.05) is 0 Å². The van der Waals surface area contributed by atoms with Gasteiger partial charge in [0.05, 0.1) is 24.1 Å². The molecule has 14 heteroatoms. The number of sulfonamides is 1. The highest BCUT2D eigenvalue weighted by molar-refractivity contribution is 7.89. The molecule has 0 saturated carbocycles. The second kappa shape index (κ2) is 15.1. The molecule has 1 aliphatic rings. The topological polar surface area (TPSA) is 121 Å². The highest BCUT2D eigenvalue weighted by Gasteiger charge is 2.38. The number of amides is 1. The summed E-state index contributed by atoms with van der Waals surface area (Å²) in [5.74, 6) is -1.95. The summed E-state index contributed by atoms with van der Waals surface area (Å²) in [7, 11) is 1.02. The number of ether oxygens (including phenoxy) is 1. The van der Waals surface area contributed by atoms with Crippen LogP contribution in [-0.4, -0.2) is 80.0 Å².